The van der Waals surface area contributed by atoms with Gasteiger partial charge in [-0.2, -0.15) is 0 Å². The maximum Gasteiger partial charge on any atom is 0.276 e. The number of carbonyl (C=O) groups is 2. The molecule has 6 heteroatoms. The van der Waals surface area contributed by atoms with Crippen molar-refractivity contribution in [2.75, 3.05) is 19.6 Å². The smallest absolute Gasteiger partial charge is 0.276 e. The summed E-state index contributed by atoms with van der Waals surface area (Å²) in [6, 6.07) is 12.1. The lowest BCUT2D eigenvalue weighted by atomic mass is 9.73. The first-order chi connectivity index (χ1) is 14.6. The van der Waals surface area contributed by atoms with Gasteiger partial charge >= 0.3 is 0 Å². The summed E-state index contributed by atoms with van der Waals surface area (Å²) < 4.78 is 5.37. The molecule has 2 aliphatic heterocycles. The minimum atomic E-state index is -0.271. The van der Waals surface area contributed by atoms with Crippen molar-refractivity contribution in [2.24, 2.45) is 0 Å². The van der Waals surface area contributed by atoms with E-state index in [-0.39, 0.29) is 23.3 Å². The Labute approximate surface area is 176 Å². The van der Waals surface area contributed by atoms with Gasteiger partial charge in [-0.05, 0) is 31.2 Å². The molecule has 1 atom stereocenters. The monoisotopic (exact) mass is 405 g/mol. The van der Waals surface area contributed by atoms with Crippen molar-refractivity contribution >= 4 is 11.8 Å². The molecule has 2 amide bonds. The first-order valence-corrected chi connectivity index (χ1v) is 10.8. The third kappa shape index (κ3) is 3.15. The molecule has 1 aromatic heterocycles. The lowest BCUT2D eigenvalue weighted by Gasteiger charge is -2.47. The Morgan fingerprint density at radius 1 is 1.23 bits per heavy atom. The number of amides is 2. The summed E-state index contributed by atoms with van der Waals surface area (Å²) in [5.41, 5.74) is 1.33. The van der Waals surface area contributed by atoms with Crippen molar-refractivity contribution in [3.63, 3.8) is 0 Å². The summed E-state index contributed by atoms with van der Waals surface area (Å²) in [5.74, 6) is 1.50. The zero-order chi connectivity index (χ0) is 20.7. The number of hydrogen-bond acceptors (Lipinski definition) is 4. The number of hydrogen-bond donors (Lipinski definition) is 0. The van der Waals surface area contributed by atoms with Crippen molar-refractivity contribution < 1.29 is 14.1 Å². The highest BCUT2D eigenvalue weighted by Gasteiger charge is 2.54. The molecule has 1 aliphatic carbocycles. The Morgan fingerprint density at radius 2 is 1.97 bits per heavy atom. The molecule has 6 nitrogen and oxygen atoms in total. The van der Waals surface area contributed by atoms with Crippen LogP contribution in [0.15, 0.2) is 53.6 Å². The average Bonchev–Trinajstić information content (AvgIpc) is 3.46. The molecule has 0 bridgehead atoms. The number of piperidine rings is 1. The number of carbonyl (C=O) groups excluding carboxylic acids is 2. The molecule has 3 fully saturated rings. The second kappa shape index (κ2) is 7.42. The van der Waals surface area contributed by atoms with Crippen LogP contribution < -0.4 is 0 Å². The van der Waals surface area contributed by atoms with E-state index in [1.165, 1.54) is 5.56 Å². The highest BCUT2D eigenvalue weighted by atomic mass is 16.5. The standard InChI is InChI=1S/C24H27N3O3/c1-2-12-27-22(28)15-19(17-6-4-3-5-7-17)24(27)10-13-26(14-11-24)23(29)20-16-21(30-25-20)18-8-9-18/h2-7,16,18-19H,1,8-15H2/t19-/m0/s1. The fraction of sp³-hybridized carbons (Fsp3) is 0.458. The molecule has 3 aliphatic rings. The van der Waals surface area contributed by atoms with Gasteiger partial charge in [0.25, 0.3) is 5.91 Å². The van der Waals surface area contributed by atoms with Gasteiger partial charge in [-0.1, -0.05) is 41.6 Å². The van der Waals surface area contributed by atoms with E-state index in [2.05, 4.69) is 23.9 Å². The van der Waals surface area contributed by atoms with Gasteiger partial charge in [-0.15, -0.1) is 6.58 Å². The molecule has 0 radical (unpaired) electrons. The summed E-state index contributed by atoms with van der Waals surface area (Å²) >= 11 is 0. The van der Waals surface area contributed by atoms with E-state index < -0.39 is 0 Å². The predicted molar refractivity (Wildman–Crippen MR) is 112 cm³/mol. The quantitative estimate of drug-likeness (QED) is 0.711. The summed E-state index contributed by atoms with van der Waals surface area (Å²) in [6.45, 7) is 5.62. The van der Waals surface area contributed by atoms with Crippen molar-refractivity contribution in [3.8, 4) is 0 Å². The molecule has 1 spiro atoms. The van der Waals surface area contributed by atoms with Crippen LogP contribution in [-0.4, -0.2) is 51.9 Å². The Bertz CT molecular complexity index is 955. The van der Waals surface area contributed by atoms with E-state index >= 15 is 0 Å². The molecular formula is C24H27N3O3. The van der Waals surface area contributed by atoms with Crippen LogP contribution in [0.1, 0.15) is 65.8 Å². The van der Waals surface area contributed by atoms with E-state index in [4.69, 9.17) is 4.52 Å². The highest BCUT2D eigenvalue weighted by molar-refractivity contribution is 5.92. The molecule has 3 heterocycles. The molecule has 30 heavy (non-hydrogen) atoms. The van der Waals surface area contributed by atoms with Crippen LogP contribution in [0.4, 0.5) is 0 Å². The topological polar surface area (TPSA) is 66.7 Å². The number of aromatic nitrogens is 1. The Morgan fingerprint density at radius 3 is 2.63 bits per heavy atom. The maximum absolute atomic E-state index is 13.0. The van der Waals surface area contributed by atoms with Crippen LogP contribution in [0.2, 0.25) is 0 Å². The average molecular weight is 405 g/mol. The molecule has 1 saturated carbocycles. The third-order valence-corrected chi connectivity index (χ3v) is 7.02. The SMILES string of the molecule is C=CCN1C(=O)C[C@@H](c2ccccc2)C12CCN(C(=O)c1cc(C3CC3)on1)CC2. The normalized spacial score (nSPS) is 23.2. The first kappa shape index (κ1) is 19.1. The van der Waals surface area contributed by atoms with Gasteiger partial charge in [-0.25, -0.2) is 0 Å². The second-order valence-electron chi connectivity index (χ2n) is 8.74. The highest BCUT2D eigenvalue weighted by Crippen LogP contribution is 2.49. The molecule has 156 valence electrons. The minimum Gasteiger partial charge on any atom is -0.360 e. The lowest BCUT2D eigenvalue weighted by Crippen LogP contribution is -2.56. The second-order valence-corrected chi connectivity index (χ2v) is 8.74. The van der Waals surface area contributed by atoms with Gasteiger partial charge in [0.2, 0.25) is 5.91 Å². The number of benzene rings is 1. The van der Waals surface area contributed by atoms with Gasteiger partial charge in [0, 0.05) is 44.0 Å². The van der Waals surface area contributed by atoms with Gasteiger partial charge in [0.15, 0.2) is 5.69 Å². The Balaban J connectivity index is 1.37. The number of rotatable bonds is 5. The molecule has 0 N–H and O–H groups in total. The van der Waals surface area contributed by atoms with Gasteiger partial charge < -0.3 is 14.3 Å². The third-order valence-electron chi connectivity index (χ3n) is 7.02. The van der Waals surface area contributed by atoms with E-state index in [0.717, 1.165) is 31.4 Å². The molecule has 1 aromatic carbocycles. The van der Waals surface area contributed by atoms with E-state index in [1.807, 2.05) is 28.0 Å². The maximum atomic E-state index is 13.0. The van der Waals surface area contributed by atoms with Crippen LogP contribution >= 0.6 is 0 Å². The molecular weight excluding hydrogens is 378 g/mol. The van der Waals surface area contributed by atoms with E-state index in [1.54, 1.807) is 12.1 Å². The Hall–Kier alpha value is -2.89. The largest absolute Gasteiger partial charge is 0.360 e. The minimum absolute atomic E-state index is 0.0728. The van der Waals surface area contributed by atoms with Crippen LogP contribution in [0.5, 0.6) is 0 Å². The summed E-state index contributed by atoms with van der Waals surface area (Å²) in [7, 11) is 0. The van der Waals surface area contributed by atoms with Crippen molar-refractivity contribution in [1.82, 2.24) is 15.0 Å². The van der Waals surface area contributed by atoms with E-state index in [0.29, 0.717) is 37.7 Å². The molecule has 0 unspecified atom stereocenters. The van der Waals surface area contributed by atoms with Crippen molar-refractivity contribution in [3.05, 3.63) is 66.1 Å². The summed E-state index contributed by atoms with van der Waals surface area (Å²) in [6.07, 6.45) is 6.06. The fourth-order valence-corrected chi connectivity index (χ4v) is 5.27. The predicted octanol–water partition coefficient (Wildman–Crippen LogP) is 3.73. The molecule has 2 saturated heterocycles. The molecule has 2 aromatic rings. The lowest BCUT2D eigenvalue weighted by molar-refractivity contribution is -0.131. The van der Waals surface area contributed by atoms with Crippen LogP contribution in [0.25, 0.3) is 0 Å². The van der Waals surface area contributed by atoms with Gasteiger partial charge in [-0.3, -0.25) is 9.59 Å². The first-order valence-electron chi connectivity index (χ1n) is 10.8. The zero-order valence-corrected chi connectivity index (χ0v) is 17.1. The summed E-state index contributed by atoms with van der Waals surface area (Å²) in [5, 5.41) is 4.02. The number of likely N-dealkylation sites (tertiary alicyclic amines) is 2. The van der Waals surface area contributed by atoms with Gasteiger partial charge in [0.05, 0.1) is 5.54 Å². The zero-order valence-electron chi connectivity index (χ0n) is 17.1. The van der Waals surface area contributed by atoms with Crippen molar-refractivity contribution in [2.45, 2.75) is 49.5 Å². The van der Waals surface area contributed by atoms with E-state index in [9.17, 15) is 9.59 Å². The molecule has 5 rings (SSSR count). The van der Waals surface area contributed by atoms with Crippen LogP contribution in [-0.2, 0) is 4.79 Å². The van der Waals surface area contributed by atoms with Crippen LogP contribution in [0, 0.1) is 0 Å². The Kier molecular flexibility index (Phi) is 4.72. The summed E-state index contributed by atoms with van der Waals surface area (Å²) in [4.78, 5) is 29.8. The van der Waals surface area contributed by atoms with Crippen molar-refractivity contribution in [1.29, 1.82) is 0 Å². The van der Waals surface area contributed by atoms with Gasteiger partial charge in [0.1, 0.15) is 5.76 Å². The fourth-order valence-electron chi connectivity index (χ4n) is 5.27. The van der Waals surface area contributed by atoms with Crippen LogP contribution in [0.3, 0.4) is 0 Å². The number of nitrogens with zero attached hydrogens (tertiary/aromatic N) is 3.